The molecule has 1 aliphatic heterocycles. The summed E-state index contributed by atoms with van der Waals surface area (Å²) >= 11 is 0. The molecule has 0 atom stereocenters. The number of amides is 2. The van der Waals surface area contributed by atoms with Gasteiger partial charge in [-0.1, -0.05) is 24.3 Å². The van der Waals surface area contributed by atoms with Crippen LogP contribution in [0.25, 0.3) is 11.0 Å². The molecule has 1 aromatic heterocycles. The van der Waals surface area contributed by atoms with Crippen molar-refractivity contribution in [3.63, 3.8) is 0 Å². The lowest BCUT2D eigenvalue weighted by molar-refractivity contribution is -0.131. The molecule has 0 bridgehead atoms. The van der Waals surface area contributed by atoms with Gasteiger partial charge in [0.25, 0.3) is 5.91 Å². The third-order valence-corrected chi connectivity index (χ3v) is 5.14. The number of nitrogens with one attached hydrogen (secondary N) is 1. The molecule has 2 aromatic carbocycles. The summed E-state index contributed by atoms with van der Waals surface area (Å²) in [5.74, 6) is 0.141. The number of hydrogen-bond acceptors (Lipinski definition) is 3. The number of hydrogen-bond donors (Lipinski definition) is 1. The number of piperazine rings is 1. The number of fused-ring (bicyclic) bond motifs is 1. The zero-order valence-corrected chi connectivity index (χ0v) is 15.3. The first-order chi connectivity index (χ1) is 13.1. The molecule has 0 spiro atoms. The molecule has 0 saturated carbocycles. The fourth-order valence-corrected chi connectivity index (χ4v) is 3.52. The van der Waals surface area contributed by atoms with Gasteiger partial charge in [-0.25, -0.2) is 4.98 Å². The van der Waals surface area contributed by atoms with Crippen LogP contribution in [-0.2, 0) is 11.2 Å². The lowest BCUT2D eigenvalue weighted by atomic mass is 10.1. The quantitative estimate of drug-likeness (QED) is 0.778. The highest BCUT2D eigenvalue weighted by Crippen LogP contribution is 2.15. The van der Waals surface area contributed by atoms with E-state index in [9.17, 15) is 9.59 Å². The van der Waals surface area contributed by atoms with Gasteiger partial charge in [0.1, 0.15) is 0 Å². The largest absolute Gasteiger partial charge is 0.345 e. The zero-order valence-electron chi connectivity index (χ0n) is 15.3. The van der Waals surface area contributed by atoms with Crippen LogP contribution in [0.1, 0.15) is 21.5 Å². The minimum atomic E-state index is 0.0462. The van der Waals surface area contributed by atoms with E-state index in [-0.39, 0.29) is 11.8 Å². The molecular weight excluding hydrogens is 340 g/mol. The number of aromatic nitrogens is 2. The first-order valence-corrected chi connectivity index (χ1v) is 9.16. The predicted octanol–water partition coefficient (Wildman–Crippen LogP) is 2.40. The van der Waals surface area contributed by atoms with Crippen LogP contribution in [0.2, 0.25) is 0 Å². The van der Waals surface area contributed by atoms with E-state index in [0.717, 1.165) is 27.7 Å². The second-order valence-electron chi connectivity index (χ2n) is 6.92. The minimum absolute atomic E-state index is 0.0462. The highest BCUT2D eigenvalue weighted by Gasteiger charge is 2.25. The first kappa shape index (κ1) is 17.3. The standard InChI is InChI=1S/C21H22N4O2/c1-15-4-2-3-5-17(15)21(27)25-10-8-24(9-11-25)20(26)13-16-6-7-18-19(12-16)23-14-22-18/h2-7,12,14H,8-11,13H2,1H3,(H,22,23). The third-order valence-electron chi connectivity index (χ3n) is 5.14. The summed E-state index contributed by atoms with van der Waals surface area (Å²) in [4.78, 5) is 36.3. The molecule has 1 saturated heterocycles. The van der Waals surface area contributed by atoms with Crippen LogP contribution in [-0.4, -0.2) is 57.8 Å². The van der Waals surface area contributed by atoms with Gasteiger partial charge in [-0.3, -0.25) is 9.59 Å². The Morgan fingerprint density at radius 2 is 1.78 bits per heavy atom. The fourth-order valence-electron chi connectivity index (χ4n) is 3.52. The SMILES string of the molecule is Cc1ccccc1C(=O)N1CCN(C(=O)Cc2ccc3nc[nH]c3c2)CC1. The number of H-pyrrole nitrogens is 1. The van der Waals surface area contributed by atoms with Crippen molar-refractivity contribution in [1.29, 1.82) is 0 Å². The Hall–Kier alpha value is -3.15. The van der Waals surface area contributed by atoms with Crippen LogP contribution in [0.4, 0.5) is 0 Å². The van der Waals surface area contributed by atoms with E-state index < -0.39 is 0 Å². The second-order valence-corrected chi connectivity index (χ2v) is 6.92. The van der Waals surface area contributed by atoms with Crippen molar-refractivity contribution in [2.24, 2.45) is 0 Å². The third kappa shape index (κ3) is 3.56. The van der Waals surface area contributed by atoms with Crippen molar-refractivity contribution in [2.75, 3.05) is 26.2 Å². The highest BCUT2D eigenvalue weighted by molar-refractivity contribution is 5.95. The Labute approximate surface area is 157 Å². The average molecular weight is 362 g/mol. The van der Waals surface area contributed by atoms with Crippen molar-refractivity contribution < 1.29 is 9.59 Å². The van der Waals surface area contributed by atoms with Crippen LogP contribution >= 0.6 is 0 Å². The number of nitrogens with zero attached hydrogens (tertiary/aromatic N) is 3. The van der Waals surface area contributed by atoms with Crippen LogP contribution < -0.4 is 0 Å². The molecule has 2 amide bonds. The molecule has 4 rings (SSSR count). The smallest absolute Gasteiger partial charge is 0.254 e. The van der Waals surface area contributed by atoms with Gasteiger partial charge in [0, 0.05) is 31.7 Å². The lowest BCUT2D eigenvalue weighted by Gasteiger charge is -2.35. The number of aromatic amines is 1. The van der Waals surface area contributed by atoms with Gasteiger partial charge in [-0.2, -0.15) is 0 Å². The molecule has 0 aliphatic carbocycles. The molecule has 1 fully saturated rings. The Morgan fingerprint density at radius 3 is 2.56 bits per heavy atom. The predicted molar refractivity (Wildman–Crippen MR) is 103 cm³/mol. The average Bonchev–Trinajstić information content (AvgIpc) is 3.16. The molecule has 0 radical (unpaired) electrons. The first-order valence-electron chi connectivity index (χ1n) is 9.16. The number of carbonyl (C=O) groups is 2. The second kappa shape index (κ2) is 7.23. The van der Waals surface area contributed by atoms with E-state index >= 15 is 0 Å². The van der Waals surface area contributed by atoms with Crippen molar-refractivity contribution in [1.82, 2.24) is 19.8 Å². The van der Waals surface area contributed by atoms with Crippen LogP contribution in [0.5, 0.6) is 0 Å². The lowest BCUT2D eigenvalue weighted by Crippen LogP contribution is -2.51. The summed E-state index contributed by atoms with van der Waals surface area (Å²) in [6.45, 7) is 4.23. The Bertz CT molecular complexity index is 987. The van der Waals surface area contributed by atoms with Crippen LogP contribution in [0.3, 0.4) is 0 Å². The molecule has 0 unspecified atom stereocenters. The highest BCUT2D eigenvalue weighted by atomic mass is 16.2. The maximum atomic E-state index is 12.7. The van der Waals surface area contributed by atoms with Gasteiger partial charge in [-0.15, -0.1) is 0 Å². The van der Waals surface area contributed by atoms with Gasteiger partial charge >= 0.3 is 0 Å². The zero-order chi connectivity index (χ0) is 18.8. The summed E-state index contributed by atoms with van der Waals surface area (Å²) in [7, 11) is 0. The van der Waals surface area contributed by atoms with E-state index in [0.29, 0.717) is 32.6 Å². The number of benzene rings is 2. The van der Waals surface area contributed by atoms with Gasteiger partial charge in [-0.05, 0) is 36.2 Å². The van der Waals surface area contributed by atoms with E-state index in [2.05, 4.69) is 9.97 Å². The molecule has 6 nitrogen and oxygen atoms in total. The summed E-state index contributed by atoms with van der Waals surface area (Å²) in [6, 6.07) is 13.5. The fraction of sp³-hybridized carbons (Fsp3) is 0.286. The van der Waals surface area contributed by atoms with Crippen LogP contribution in [0.15, 0.2) is 48.8 Å². The van der Waals surface area contributed by atoms with E-state index in [4.69, 9.17) is 0 Å². The topological polar surface area (TPSA) is 69.3 Å². The van der Waals surface area contributed by atoms with Crippen molar-refractivity contribution in [3.8, 4) is 0 Å². The Morgan fingerprint density at radius 1 is 1.04 bits per heavy atom. The molecule has 27 heavy (non-hydrogen) atoms. The number of rotatable bonds is 3. The van der Waals surface area contributed by atoms with Crippen molar-refractivity contribution in [2.45, 2.75) is 13.3 Å². The van der Waals surface area contributed by atoms with E-state index in [1.807, 2.05) is 59.2 Å². The maximum Gasteiger partial charge on any atom is 0.254 e. The molecule has 6 heteroatoms. The summed E-state index contributed by atoms with van der Waals surface area (Å²) in [6.07, 6.45) is 2.02. The molecule has 2 heterocycles. The monoisotopic (exact) mass is 362 g/mol. The van der Waals surface area contributed by atoms with Crippen molar-refractivity contribution >= 4 is 22.8 Å². The molecule has 138 valence electrons. The number of aryl methyl sites for hydroxylation is 1. The van der Waals surface area contributed by atoms with Crippen LogP contribution in [0, 0.1) is 6.92 Å². The van der Waals surface area contributed by atoms with Gasteiger partial charge < -0.3 is 14.8 Å². The molecule has 3 aromatic rings. The van der Waals surface area contributed by atoms with Gasteiger partial charge in [0.05, 0.1) is 23.8 Å². The minimum Gasteiger partial charge on any atom is -0.345 e. The summed E-state index contributed by atoms with van der Waals surface area (Å²) < 4.78 is 0. The van der Waals surface area contributed by atoms with Crippen molar-refractivity contribution in [3.05, 3.63) is 65.5 Å². The normalized spacial score (nSPS) is 14.6. The number of imidazole rings is 1. The van der Waals surface area contributed by atoms with E-state index in [1.165, 1.54) is 0 Å². The van der Waals surface area contributed by atoms with E-state index in [1.54, 1.807) is 6.33 Å². The molecule has 1 aliphatic rings. The molecular formula is C21H22N4O2. The van der Waals surface area contributed by atoms with Gasteiger partial charge in [0.15, 0.2) is 0 Å². The Kier molecular flexibility index (Phi) is 4.62. The number of carbonyl (C=O) groups excluding carboxylic acids is 2. The maximum absolute atomic E-state index is 12.7. The van der Waals surface area contributed by atoms with Gasteiger partial charge in [0.2, 0.25) is 5.91 Å². The molecule has 1 N–H and O–H groups in total. The summed E-state index contributed by atoms with van der Waals surface area (Å²) in [5.41, 5.74) is 4.53. The summed E-state index contributed by atoms with van der Waals surface area (Å²) in [5, 5.41) is 0. The Balaban J connectivity index is 1.36.